The average molecular weight is 348 g/mol. The minimum absolute atomic E-state index is 0.0575. The average Bonchev–Trinajstić information content (AvgIpc) is 3.09. The third-order valence-corrected chi connectivity index (χ3v) is 4.15. The Morgan fingerprint density at radius 3 is 2.48 bits per heavy atom. The Kier molecular flexibility index (Phi) is 3.21. The molecule has 0 fully saturated rings. The maximum absolute atomic E-state index is 13.6. The second-order valence-corrected chi connectivity index (χ2v) is 5.79. The van der Waals surface area contributed by atoms with Crippen molar-refractivity contribution in [1.82, 2.24) is 10.2 Å². The van der Waals surface area contributed by atoms with Crippen molar-refractivity contribution < 1.29 is 32.5 Å². The number of imide groups is 1. The van der Waals surface area contributed by atoms with Crippen LogP contribution in [0, 0.1) is 0 Å². The molecule has 25 heavy (non-hydrogen) atoms. The standard InChI is InChI=1S/C16H10F2N2O5/c17-16(18)6-5-11-10(7-16)12(19-24-11)15(23)25-20-13(21)8-3-1-2-4-9(8)14(20)22/h1-4H,5-7H2. The molecule has 0 spiro atoms. The van der Waals surface area contributed by atoms with Gasteiger partial charge < -0.3 is 9.36 Å². The molecule has 0 bridgehead atoms. The predicted octanol–water partition coefficient (Wildman–Crippen LogP) is 2.17. The molecule has 1 aromatic carbocycles. The van der Waals surface area contributed by atoms with Crippen molar-refractivity contribution in [2.45, 2.75) is 25.2 Å². The molecule has 0 saturated carbocycles. The van der Waals surface area contributed by atoms with E-state index in [1.807, 2.05) is 0 Å². The van der Waals surface area contributed by atoms with Crippen LogP contribution >= 0.6 is 0 Å². The van der Waals surface area contributed by atoms with E-state index in [1.54, 1.807) is 12.1 Å². The highest BCUT2D eigenvalue weighted by molar-refractivity contribution is 6.21. The van der Waals surface area contributed by atoms with Crippen LogP contribution in [0.2, 0.25) is 0 Å². The number of aryl methyl sites for hydroxylation is 1. The third kappa shape index (κ3) is 2.39. The third-order valence-electron chi connectivity index (χ3n) is 4.15. The van der Waals surface area contributed by atoms with Gasteiger partial charge in [-0.1, -0.05) is 22.4 Å². The van der Waals surface area contributed by atoms with E-state index in [0.717, 1.165) is 0 Å². The van der Waals surface area contributed by atoms with Crippen molar-refractivity contribution in [1.29, 1.82) is 0 Å². The van der Waals surface area contributed by atoms with Gasteiger partial charge in [-0.3, -0.25) is 9.59 Å². The topological polar surface area (TPSA) is 89.7 Å². The Bertz CT molecular complexity index is 886. The molecule has 0 saturated heterocycles. The molecule has 1 aliphatic heterocycles. The summed E-state index contributed by atoms with van der Waals surface area (Å²) in [5, 5.41) is 3.77. The Balaban J connectivity index is 1.60. The number of hydroxylamine groups is 2. The van der Waals surface area contributed by atoms with Crippen molar-refractivity contribution in [3.63, 3.8) is 0 Å². The van der Waals surface area contributed by atoms with Crippen LogP contribution in [-0.2, 0) is 17.7 Å². The van der Waals surface area contributed by atoms with Crippen molar-refractivity contribution in [2.24, 2.45) is 0 Å². The quantitative estimate of drug-likeness (QED) is 0.773. The zero-order chi connectivity index (χ0) is 17.8. The fourth-order valence-electron chi connectivity index (χ4n) is 2.90. The zero-order valence-corrected chi connectivity index (χ0v) is 12.6. The molecule has 1 aromatic heterocycles. The molecular weight excluding hydrogens is 338 g/mol. The number of benzene rings is 1. The number of hydrogen-bond acceptors (Lipinski definition) is 6. The lowest BCUT2D eigenvalue weighted by Crippen LogP contribution is -2.33. The van der Waals surface area contributed by atoms with Gasteiger partial charge in [0.1, 0.15) is 5.76 Å². The van der Waals surface area contributed by atoms with E-state index in [0.29, 0.717) is 5.06 Å². The number of alkyl halides is 2. The molecule has 7 nitrogen and oxygen atoms in total. The Hall–Kier alpha value is -3.10. The lowest BCUT2D eigenvalue weighted by Gasteiger charge is -2.20. The molecule has 2 amide bonds. The van der Waals surface area contributed by atoms with Gasteiger partial charge in [0, 0.05) is 24.8 Å². The van der Waals surface area contributed by atoms with Gasteiger partial charge in [-0.2, -0.15) is 0 Å². The van der Waals surface area contributed by atoms with E-state index in [9.17, 15) is 23.2 Å². The summed E-state index contributed by atoms with van der Waals surface area (Å²) in [5.74, 6) is -5.62. The molecule has 0 N–H and O–H groups in total. The second-order valence-electron chi connectivity index (χ2n) is 5.79. The fourth-order valence-corrected chi connectivity index (χ4v) is 2.90. The first-order chi connectivity index (χ1) is 11.9. The normalized spacial score (nSPS) is 18.1. The molecular formula is C16H10F2N2O5. The van der Waals surface area contributed by atoms with Crippen LogP contribution in [0.25, 0.3) is 0 Å². The lowest BCUT2D eigenvalue weighted by atomic mass is 9.93. The summed E-state index contributed by atoms with van der Waals surface area (Å²) in [6, 6.07) is 5.96. The van der Waals surface area contributed by atoms with Gasteiger partial charge >= 0.3 is 5.97 Å². The summed E-state index contributed by atoms with van der Waals surface area (Å²) >= 11 is 0. The van der Waals surface area contributed by atoms with E-state index >= 15 is 0 Å². The number of hydrogen-bond donors (Lipinski definition) is 0. The summed E-state index contributed by atoms with van der Waals surface area (Å²) in [4.78, 5) is 41.4. The van der Waals surface area contributed by atoms with Crippen molar-refractivity contribution in [3.8, 4) is 0 Å². The molecule has 2 aliphatic rings. The van der Waals surface area contributed by atoms with Gasteiger partial charge in [-0.15, -0.1) is 0 Å². The molecule has 2 aromatic rings. The summed E-state index contributed by atoms with van der Waals surface area (Å²) < 4.78 is 32.1. The van der Waals surface area contributed by atoms with Gasteiger partial charge in [-0.05, 0) is 12.1 Å². The summed E-state index contributed by atoms with van der Waals surface area (Å²) in [6.45, 7) is 0. The maximum atomic E-state index is 13.6. The summed E-state index contributed by atoms with van der Waals surface area (Å²) in [6.07, 6.45) is -1.17. The molecule has 4 rings (SSSR count). The van der Waals surface area contributed by atoms with E-state index in [2.05, 4.69) is 5.16 Å². The number of carbonyl (C=O) groups is 3. The van der Waals surface area contributed by atoms with Crippen LogP contribution in [0.3, 0.4) is 0 Å². The van der Waals surface area contributed by atoms with Crippen molar-refractivity contribution in [2.75, 3.05) is 0 Å². The second kappa shape index (κ2) is 5.20. The number of halogens is 2. The first-order valence-electron chi connectivity index (χ1n) is 7.43. The van der Waals surface area contributed by atoms with Crippen LogP contribution in [0.5, 0.6) is 0 Å². The van der Waals surface area contributed by atoms with Gasteiger partial charge in [0.25, 0.3) is 17.7 Å². The van der Waals surface area contributed by atoms with Crippen molar-refractivity contribution >= 4 is 17.8 Å². The summed E-state index contributed by atoms with van der Waals surface area (Å²) in [7, 11) is 0. The van der Waals surface area contributed by atoms with E-state index in [-0.39, 0.29) is 28.9 Å². The highest BCUT2D eigenvalue weighted by atomic mass is 19.3. The minimum atomic E-state index is -2.98. The molecule has 1 aliphatic carbocycles. The minimum Gasteiger partial charge on any atom is -0.360 e. The van der Waals surface area contributed by atoms with Crippen molar-refractivity contribution in [3.05, 3.63) is 52.4 Å². The highest BCUT2D eigenvalue weighted by Crippen LogP contribution is 2.35. The van der Waals surface area contributed by atoms with Gasteiger partial charge in [0.05, 0.1) is 11.1 Å². The van der Waals surface area contributed by atoms with Crippen LogP contribution in [0.1, 0.15) is 48.9 Å². The molecule has 0 radical (unpaired) electrons. The smallest absolute Gasteiger partial charge is 0.360 e. The lowest BCUT2D eigenvalue weighted by molar-refractivity contribution is -0.0593. The number of rotatable bonds is 2. The number of aromatic nitrogens is 1. The Morgan fingerprint density at radius 1 is 1.20 bits per heavy atom. The van der Waals surface area contributed by atoms with Gasteiger partial charge in [-0.25, -0.2) is 13.6 Å². The van der Waals surface area contributed by atoms with Crippen LogP contribution in [0.4, 0.5) is 8.78 Å². The highest BCUT2D eigenvalue weighted by Gasteiger charge is 2.42. The largest absolute Gasteiger partial charge is 0.385 e. The Labute approximate surface area is 139 Å². The van der Waals surface area contributed by atoms with Crippen LogP contribution in [-0.4, -0.2) is 33.9 Å². The number of amides is 2. The first kappa shape index (κ1) is 15.4. The molecule has 9 heteroatoms. The molecule has 128 valence electrons. The molecule has 2 heterocycles. The monoisotopic (exact) mass is 348 g/mol. The number of fused-ring (bicyclic) bond motifs is 2. The van der Waals surface area contributed by atoms with Gasteiger partial charge in [0.15, 0.2) is 5.69 Å². The molecule has 0 atom stereocenters. The van der Waals surface area contributed by atoms with Crippen LogP contribution in [0.15, 0.2) is 28.8 Å². The van der Waals surface area contributed by atoms with Gasteiger partial charge in [0.2, 0.25) is 0 Å². The van der Waals surface area contributed by atoms with E-state index in [4.69, 9.17) is 9.36 Å². The molecule has 0 unspecified atom stereocenters. The predicted molar refractivity (Wildman–Crippen MR) is 75.8 cm³/mol. The first-order valence-corrected chi connectivity index (χ1v) is 7.43. The SMILES string of the molecule is O=C(ON1C(=O)c2ccccc2C1=O)c1noc2c1CC(F)(F)CC2. The van der Waals surface area contributed by atoms with E-state index in [1.165, 1.54) is 12.1 Å². The number of carbonyl (C=O) groups excluding carboxylic acids is 3. The Morgan fingerprint density at radius 2 is 1.84 bits per heavy atom. The zero-order valence-electron chi connectivity index (χ0n) is 12.6. The fraction of sp³-hybridized carbons (Fsp3) is 0.250. The maximum Gasteiger partial charge on any atom is 0.385 e. The summed E-state index contributed by atoms with van der Waals surface area (Å²) in [5.41, 5.74) is -0.327. The number of nitrogens with zero attached hydrogens (tertiary/aromatic N) is 2. The van der Waals surface area contributed by atoms with E-state index < -0.39 is 42.2 Å². The van der Waals surface area contributed by atoms with Crippen LogP contribution < -0.4 is 0 Å².